The summed E-state index contributed by atoms with van der Waals surface area (Å²) in [6, 6.07) is 27.8. The molecule has 0 spiro atoms. The Morgan fingerprint density at radius 3 is 2.24 bits per heavy atom. The summed E-state index contributed by atoms with van der Waals surface area (Å²) in [6.07, 6.45) is 5.73. The lowest BCUT2D eigenvalue weighted by atomic mass is 9.64. The molecule has 2 aliphatic rings. The normalized spacial score (nSPS) is 19.0. The van der Waals surface area contributed by atoms with E-state index in [1.54, 1.807) is 11.9 Å². The van der Waals surface area contributed by atoms with Crippen LogP contribution in [0.5, 0.6) is 11.6 Å². The second-order valence-electron chi connectivity index (χ2n) is 12.9. The minimum Gasteiger partial charge on any atom is -0.482 e. The third-order valence-electron chi connectivity index (χ3n) is 9.61. The van der Waals surface area contributed by atoms with E-state index < -0.39 is 0 Å². The van der Waals surface area contributed by atoms with Gasteiger partial charge in [0.2, 0.25) is 5.75 Å². The first-order valence-electron chi connectivity index (χ1n) is 17.2. The van der Waals surface area contributed by atoms with Crippen LogP contribution in [-0.4, -0.2) is 65.2 Å². The number of hydrogen-bond acceptors (Lipinski definition) is 7. The zero-order chi connectivity index (χ0) is 34.8. The van der Waals surface area contributed by atoms with Gasteiger partial charge in [-0.1, -0.05) is 104 Å². The largest absolute Gasteiger partial charge is 0.482 e. The fraction of sp³-hybridized carbons (Fsp3) is 0.341. The first-order chi connectivity index (χ1) is 24.4. The number of nitrogens with zero attached hydrogens (tertiary/aromatic N) is 4. The van der Waals surface area contributed by atoms with Gasteiger partial charge in [0.1, 0.15) is 25.2 Å². The standard InChI is InChI=1S/C41H45N5O4/c1-31(41(2)21-20-36(41)19-18-32-14-16-33(17-15-32)26-45-22-24-48-25-23-45)46(40(47)42-3)27-37-38(49-28-34-10-6-4-7-11-34)39(44-30-43-37)50-29-35-12-8-5-9-13-35/h4-17,20-21,30-31,36H,22-29H2,1-3H3,(H,42,47)/t31?,36-,41-/m0/s1. The van der Waals surface area contributed by atoms with Gasteiger partial charge < -0.3 is 24.4 Å². The third kappa shape index (κ3) is 8.51. The van der Waals surface area contributed by atoms with Gasteiger partial charge in [0.15, 0.2) is 0 Å². The Morgan fingerprint density at radius 1 is 0.960 bits per heavy atom. The predicted molar refractivity (Wildman–Crippen MR) is 193 cm³/mol. The molecular weight excluding hydrogens is 626 g/mol. The second-order valence-corrected chi connectivity index (χ2v) is 12.9. The van der Waals surface area contributed by atoms with Crippen LogP contribution in [0.15, 0.2) is 103 Å². The average Bonchev–Trinajstić information content (AvgIpc) is 3.16. The summed E-state index contributed by atoms with van der Waals surface area (Å²) in [6.45, 7) is 9.43. The maximum atomic E-state index is 13.5. The van der Waals surface area contributed by atoms with Crippen LogP contribution in [-0.2, 0) is 31.0 Å². The smallest absolute Gasteiger partial charge is 0.317 e. The molecule has 1 saturated heterocycles. The first kappa shape index (κ1) is 34.7. The summed E-state index contributed by atoms with van der Waals surface area (Å²) in [5.74, 6) is 7.57. The Bertz CT molecular complexity index is 1800. The zero-order valence-corrected chi connectivity index (χ0v) is 29.0. The molecule has 1 aliphatic heterocycles. The number of ether oxygens (including phenoxy) is 3. The minimum absolute atomic E-state index is 0.0401. The molecule has 3 atom stereocenters. The molecule has 1 unspecified atom stereocenters. The molecule has 258 valence electrons. The monoisotopic (exact) mass is 671 g/mol. The Labute approximate surface area is 295 Å². The molecule has 4 aromatic rings. The SMILES string of the molecule is CNC(=O)N(Cc1ncnc(OCc2ccccc2)c1OCc1ccccc1)C(C)[C@]1(C)C=C[C@@H]1C#Cc1ccc(CN2CCOCC2)cc1. The van der Waals surface area contributed by atoms with Crippen molar-refractivity contribution in [2.75, 3.05) is 33.4 Å². The van der Waals surface area contributed by atoms with E-state index in [4.69, 9.17) is 14.2 Å². The van der Waals surface area contributed by atoms with Crippen LogP contribution in [0.2, 0.25) is 0 Å². The van der Waals surface area contributed by atoms with Crippen molar-refractivity contribution in [2.45, 2.75) is 46.2 Å². The van der Waals surface area contributed by atoms with Crippen molar-refractivity contribution in [1.82, 2.24) is 25.1 Å². The Hall–Kier alpha value is -5.17. The summed E-state index contributed by atoms with van der Waals surface area (Å²) in [5, 5.41) is 2.83. The maximum absolute atomic E-state index is 13.5. The van der Waals surface area contributed by atoms with Crippen molar-refractivity contribution in [3.63, 3.8) is 0 Å². The van der Waals surface area contributed by atoms with Gasteiger partial charge in [0.25, 0.3) is 5.88 Å². The van der Waals surface area contributed by atoms with Crippen LogP contribution in [0.3, 0.4) is 0 Å². The van der Waals surface area contributed by atoms with E-state index in [9.17, 15) is 4.79 Å². The molecule has 1 N–H and O–H groups in total. The van der Waals surface area contributed by atoms with E-state index in [2.05, 4.69) is 82.3 Å². The van der Waals surface area contributed by atoms with Gasteiger partial charge in [-0.3, -0.25) is 4.90 Å². The number of rotatable bonds is 12. The van der Waals surface area contributed by atoms with E-state index in [-0.39, 0.29) is 30.0 Å². The molecule has 0 radical (unpaired) electrons. The number of carbonyl (C=O) groups excluding carboxylic acids is 1. The van der Waals surface area contributed by atoms with E-state index in [1.165, 1.54) is 11.9 Å². The van der Waals surface area contributed by atoms with E-state index >= 15 is 0 Å². The van der Waals surface area contributed by atoms with Crippen molar-refractivity contribution < 1.29 is 19.0 Å². The second kappa shape index (κ2) is 16.5. The lowest BCUT2D eigenvalue weighted by molar-refractivity contribution is 0.0342. The van der Waals surface area contributed by atoms with Crippen LogP contribution in [0.25, 0.3) is 0 Å². The highest BCUT2D eigenvalue weighted by Gasteiger charge is 2.45. The van der Waals surface area contributed by atoms with E-state index in [0.717, 1.165) is 49.5 Å². The molecule has 6 rings (SSSR count). The van der Waals surface area contributed by atoms with Crippen molar-refractivity contribution in [1.29, 1.82) is 0 Å². The Morgan fingerprint density at radius 2 is 1.62 bits per heavy atom. The third-order valence-corrected chi connectivity index (χ3v) is 9.61. The fourth-order valence-corrected chi connectivity index (χ4v) is 6.20. The van der Waals surface area contributed by atoms with Crippen LogP contribution in [0.4, 0.5) is 4.79 Å². The molecule has 1 fully saturated rings. The lowest BCUT2D eigenvalue weighted by Crippen LogP contribution is -2.54. The highest BCUT2D eigenvalue weighted by atomic mass is 16.5. The summed E-state index contributed by atoms with van der Waals surface area (Å²) in [4.78, 5) is 26.8. The number of nitrogens with one attached hydrogen (secondary N) is 1. The van der Waals surface area contributed by atoms with E-state index in [0.29, 0.717) is 30.5 Å². The van der Waals surface area contributed by atoms with Crippen LogP contribution in [0, 0.1) is 23.2 Å². The van der Waals surface area contributed by atoms with E-state index in [1.807, 2.05) is 60.7 Å². The summed E-state index contributed by atoms with van der Waals surface area (Å²) < 4.78 is 18.0. The van der Waals surface area contributed by atoms with Crippen LogP contribution < -0.4 is 14.8 Å². The van der Waals surface area contributed by atoms with Gasteiger partial charge in [0.05, 0.1) is 19.8 Å². The van der Waals surface area contributed by atoms with Crippen molar-refractivity contribution >= 4 is 6.03 Å². The molecule has 9 nitrogen and oxygen atoms in total. The van der Waals surface area contributed by atoms with Crippen LogP contribution >= 0.6 is 0 Å². The molecular formula is C41H45N5O4. The fourth-order valence-electron chi connectivity index (χ4n) is 6.20. The number of urea groups is 1. The first-order valence-corrected chi connectivity index (χ1v) is 17.2. The maximum Gasteiger partial charge on any atom is 0.317 e. The average molecular weight is 672 g/mol. The molecule has 1 aromatic heterocycles. The van der Waals surface area contributed by atoms with Crippen LogP contribution in [0.1, 0.15) is 41.8 Å². The number of allylic oxidation sites excluding steroid dienone is 1. The molecule has 9 heteroatoms. The number of aromatic nitrogens is 2. The molecule has 1 aliphatic carbocycles. The zero-order valence-electron chi connectivity index (χ0n) is 29.0. The van der Waals surface area contributed by atoms with Crippen molar-refractivity contribution in [3.05, 3.63) is 131 Å². The summed E-state index contributed by atoms with van der Waals surface area (Å²) in [7, 11) is 1.64. The van der Waals surface area contributed by atoms with Gasteiger partial charge in [-0.25, -0.2) is 9.78 Å². The summed E-state index contributed by atoms with van der Waals surface area (Å²) in [5.41, 5.74) is 4.41. The molecule has 2 heterocycles. The number of amides is 2. The number of hydrogen-bond donors (Lipinski definition) is 1. The highest BCUT2D eigenvalue weighted by molar-refractivity contribution is 5.74. The molecule has 50 heavy (non-hydrogen) atoms. The quantitative estimate of drug-likeness (QED) is 0.141. The van der Waals surface area contributed by atoms with Crippen molar-refractivity contribution in [3.8, 4) is 23.5 Å². The number of benzene rings is 3. The number of carbonyl (C=O) groups is 1. The van der Waals surface area contributed by atoms with Gasteiger partial charge in [-0.15, -0.1) is 0 Å². The molecule has 2 amide bonds. The van der Waals surface area contributed by atoms with Gasteiger partial charge in [-0.05, 0) is 35.7 Å². The number of morpholine rings is 1. The Kier molecular flexibility index (Phi) is 11.4. The van der Waals surface area contributed by atoms with Crippen molar-refractivity contribution in [2.24, 2.45) is 11.3 Å². The topological polar surface area (TPSA) is 89.1 Å². The van der Waals surface area contributed by atoms with Gasteiger partial charge in [-0.2, -0.15) is 4.98 Å². The van der Waals surface area contributed by atoms with Gasteiger partial charge in [0, 0.05) is 49.6 Å². The molecule has 0 saturated carbocycles. The molecule has 0 bridgehead atoms. The summed E-state index contributed by atoms with van der Waals surface area (Å²) >= 11 is 0. The predicted octanol–water partition coefficient (Wildman–Crippen LogP) is 6.24. The lowest BCUT2D eigenvalue weighted by Gasteiger charge is -2.47. The molecule has 3 aromatic carbocycles. The Balaban J connectivity index is 1.19. The highest BCUT2D eigenvalue weighted by Crippen LogP contribution is 2.44. The minimum atomic E-state index is -0.388. The van der Waals surface area contributed by atoms with Gasteiger partial charge >= 0.3 is 6.03 Å².